The Morgan fingerprint density at radius 3 is 2.75 bits per heavy atom. The predicted molar refractivity (Wildman–Crippen MR) is 79.9 cm³/mol. The fourth-order valence-corrected chi connectivity index (χ4v) is 2.04. The lowest BCUT2D eigenvalue weighted by Gasteiger charge is -2.06. The molecule has 0 saturated carbocycles. The number of nitrogens with zero attached hydrogens (tertiary/aromatic N) is 3. The molecule has 2 aromatic rings. The zero-order valence-corrected chi connectivity index (χ0v) is 12.3. The largest absolute Gasteiger partial charge is 0.476 e. The van der Waals surface area contributed by atoms with Gasteiger partial charge in [-0.2, -0.15) is 0 Å². The van der Waals surface area contributed by atoms with Gasteiger partial charge in [0.05, 0.1) is 0 Å². The molecule has 5 nitrogen and oxygen atoms in total. The van der Waals surface area contributed by atoms with Crippen LogP contribution in [0.1, 0.15) is 12.5 Å². The lowest BCUT2D eigenvalue weighted by Crippen LogP contribution is -2.21. The number of pyridine rings is 1. The Balaban J connectivity index is 1.63. The van der Waals surface area contributed by atoms with E-state index in [2.05, 4.69) is 27.2 Å². The third kappa shape index (κ3) is 5.14. The molecule has 106 valence electrons. The molecule has 0 aliphatic heterocycles. The maximum absolute atomic E-state index is 5.49. The SMILES string of the molecule is CCSc1ncc(CNCCOc2ccccn2)cn1. The quantitative estimate of drug-likeness (QED) is 0.457. The summed E-state index contributed by atoms with van der Waals surface area (Å²) in [6.45, 7) is 4.16. The molecule has 0 spiro atoms. The number of nitrogens with one attached hydrogen (secondary N) is 1. The molecule has 0 saturated heterocycles. The van der Waals surface area contributed by atoms with Gasteiger partial charge in [0, 0.05) is 43.3 Å². The normalized spacial score (nSPS) is 10.4. The average Bonchev–Trinajstić information content (AvgIpc) is 2.50. The van der Waals surface area contributed by atoms with Crippen LogP contribution in [0.2, 0.25) is 0 Å². The van der Waals surface area contributed by atoms with E-state index in [9.17, 15) is 0 Å². The summed E-state index contributed by atoms with van der Waals surface area (Å²) in [6, 6.07) is 5.62. The van der Waals surface area contributed by atoms with E-state index in [4.69, 9.17) is 4.74 Å². The second-order valence-electron chi connectivity index (χ2n) is 4.00. The van der Waals surface area contributed by atoms with Gasteiger partial charge >= 0.3 is 0 Å². The van der Waals surface area contributed by atoms with Crippen LogP contribution in [-0.4, -0.2) is 33.9 Å². The van der Waals surface area contributed by atoms with E-state index in [1.54, 1.807) is 18.0 Å². The molecule has 0 radical (unpaired) electrons. The van der Waals surface area contributed by atoms with Crippen LogP contribution in [-0.2, 0) is 6.54 Å². The van der Waals surface area contributed by atoms with Gasteiger partial charge < -0.3 is 10.1 Å². The number of thioether (sulfide) groups is 1. The monoisotopic (exact) mass is 290 g/mol. The van der Waals surface area contributed by atoms with Crippen molar-refractivity contribution >= 4 is 11.8 Å². The lowest BCUT2D eigenvalue weighted by molar-refractivity contribution is 0.302. The second kappa shape index (κ2) is 8.50. The van der Waals surface area contributed by atoms with Crippen molar-refractivity contribution in [3.8, 4) is 5.88 Å². The van der Waals surface area contributed by atoms with Crippen LogP contribution in [0.5, 0.6) is 5.88 Å². The number of aromatic nitrogens is 3. The van der Waals surface area contributed by atoms with Crippen LogP contribution in [0, 0.1) is 0 Å². The molecule has 0 unspecified atom stereocenters. The Kier molecular flexibility index (Phi) is 6.26. The molecule has 0 atom stereocenters. The van der Waals surface area contributed by atoms with Crippen molar-refractivity contribution in [3.05, 3.63) is 42.4 Å². The first kappa shape index (κ1) is 14.7. The highest BCUT2D eigenvalue weighted by Crippen LogP contribution is 2.10. The van der Waals surface area contributed by atoms with E-state index in [1.807, 2.05) is 30.6 Å². The van der Waals surface area contributed by atoms with E-state index in [0.717, 1.165) is 29.6 Å². The summed E-state index contributed by atoms with van der Waals surface area (Å²) in [5.41, 5.74) is 1.07. The summed E-state index contributed by atoms with van der Waals surface area (Å²) < 4.78 is 5.49. The minimum absolute atomic E-state index is 0.585. The maximum Gasteiger partial charge on any atom is 0.213 e. The standard InChI is InChI=1S/C14H18N4OS/c1-2-20-14-17-10-12(11-18-14)9-15-7-8-19-13-5-3-4-6-16-13/h3-6,10-11,15H,2,7-9H2,1H3. The first-order valence-electron chi connectivity index (χ1n) is 6.56. The van der Waals surface area contributed by atoms with E-state index in [-0.39, 0.29) is 0 Å². The van der Waals surface area contributed by atoms with Crippen LogP contribution in [0.15, 0.2) is 41.9 Å². The maximum atomic E-state index is 5.49. The second-order valence-corrected chi connectivity index (χ2v) is 5.23. The van der Waals surface area contributed by atoms with Crippen molar-refractivity contribution in [2.24, 2.45) is 0 Å². The molecule has 0 fully saturated rings. The predicted octanol–water partition coefficient (Wildman–Crippen LogP) is 2.15. The van der Waals surface area contributed by atoms with Crippen molar-refractivity contribution in [3.63, 3.8) is 0 Å². The first-order chi connectivity index (χ1) is 9.88. The number of hydrogen-bond donors (Lipinski definition) is 1. The third-order valence-corrected chi connectivity index (χ3v) is 3.21. The summed E-state index contributed by atoms with van der Waals surface area (Å²) >= 11 is 1.64. The Bertz CT molecular complexity index is 492. The van der Waals surface area contributed by atoms with E-state index >= 15 is 0 Å². The molecule has 0 aliphatic carbocycles. The van der Waals surface area contributed by atoms with Crippen LogP contribution in [0.25, 0.3) is 0 Å². The Morgan fingerprint density at radius 1 is 1.20 bits per heavy atom. The highest BCUT2D eigenvalue weighted by molar-refractivity contribution is 7.99. The molecule has 6 heteroatoms. The number of hydrogen-bond acceptors (Lipinski definition) is 6. The molecule has 20 heavy (non-hydrogen) atoms. The first-order valence-corrected chi connectivity index (χ1v) is 7.55. The van der Waals surface area contributed by atoms with Crippen LogP contribution >= 0.6 is 11.8 Å². The van der Waals surface area contributed by atoms with Crippen molar-refractivity contribution < 1.29 is 4.74 Å². The van der Waals surface area contributed by atoms with Gasteiger partial charge in [-0.05, 0) is 11.8 Å². The molecular formula is C14H18N4OS. The molecule has 1 N–H and O–H groups in total. The lowest BCUT2D eigenvalue weighted by atomic mass is 10.3. The zero-order valence-electron chi connectivity index (χ0n) is 11.5. The van der Waals surface area contributed by atoms with Crippen molar-refractivity contribution in [1.29, 1.82) is 0 Å². The van der Waals surface area contributed by atoms with E-state index in [1.165, 1.54) is 0 Å². The molecule has 0 bridgehead atoms. The van der Waals surface area contributed by atoms with Gasteiger partial charge in [0.2, 0.25) is 5.88 Å². The molecule has 2 aromatic heterocycles. The van der Waals surface area contributed by atoms with Gasteiger partial charge in [-0.3, -0.25) is 0 Å². The highest BCUT2D eigenvalue weighted by Gasteiger charge is 1.98. The molecular weight excluding hydrogens is 272 g/mol. The van der Waals surface area contributed by atoms with Gasteiger partial charge in [-0.1, -0.05) is 24.8 Å². The number of rotatable bonds is 8. The van der Waals surface area contributed by atoms with Crippen molar-refractivity contribution in [1.82, 2.24) is 20.3 Å². The molecule has 0 amide bonds. The number of ether oxygens (including phenoxy) is 1. The molecule has 2 rings (SSSR count). The minimum atomic E-state index is 0.585. The average molecular weight is 290 g/mol. The van der Waals surface area contributed by atoms with Gasteiger partial charge in [0.25, 0.3) is 0 Å². The summed E-state index contributed by atoms with van der Waals surface area (Å²) in [5.74, 6) is 1.64. The highest BCUT2D eigenvalue weighted by atomic mass is 32.2. The third-order valence-electron chi connectivity index (χ3n) is 2.45. The summed E-state index contributed by atoms with van der Waals surface area (Å²) in [7, 11) is 0. The minimum Gasteiger partial charge on any atom is -0.476 e. The van der Waals surface area contributed by atoms with Gasteiger partial charge in [0.1, 0.15) is 6.61 Å². The Morgan fingerprint density at radius 2 is 2.05 bits per heavy atom. The van der Waals surface area contributed by atoms with Gasteiger partial charge in [-0.15, -0.1) is 0 Å². The summed E-state index contributed by atoms with van der Waals surface area (Å²) in [5, 5.41) is 4.11. The van der Waals surface area contributed by atoms with Crippen LogP contribution in [0.3, 0.4) is 0 Å². The van der Waals surface area contributed by atoms with Crippen LogP contribution < -0.4 is 10.1 Å². The van der Waals surface area contributed by atoms with Gasteiger partial charge in [0.15, 0.2) is 5.16 Å². The molecule has 2 heterocycles. The zero-order chi connectivity index (χ0) is 14.0. The van der Waals surface area contributed by atoms with Crippen LogP contribution in [0.4, 0.5) is 0 Å². The molecule has 0 aliphatic rings. The summed E-state index contributed by atoms with van der Waals surface area (Å²) in [6.07, 6.45) is 5.44. The van der Waals surface area contributed by atoms with E-state index < -0.39 is 0 Å². The topological polar surface area (TPSA) is 59.9 Å². The van der Waals surface area contributed by atoms with Crippen molar-refractivity contribution in [2.75, 3.05) is 18.9 Å². The Hall–Kier alpha value is -1.66. The van der Waals surface area contributed by atoms with Crippen molar-refractivity contribution in [2.45, 2.75) is 18.6 Å². The fraction of sp³-hybridized carbons (Fsp3) is 0.357. The fourth-order valence-electron chi connectivity index (χ4n) is 1.53. The Labute approximate surface area is 123 Å². The van der Waals surface area contributed by atoms with E-state index in [0.29, 0.717) is 12.5 Å². The summed E-state index contributed by atoms with van der Waals surface area (Å²) in [4.78, 5) is 12.7. The smallest absolute Gasteiger partial charge is 0.213 e. The molecule has 0 aromatic carbocycles. The van der Waals surface area contributed by atoms with Gasteiger partial charge in [-0.25, -0.2) is 15.0 Å².